The van der Waals surface area contributed by atoms with Crippen molar-refractivity contribution in [3.63, 3.8) is 0 Å². The van der Waals surface area contributed by atoms with Gasteiger partial charge in [-0.1, -0.05) is 36.2 Å². The van der Waals surface area contributed by atoms with Crippen LogP contribution in [0.4, 0.5) is 0 Å². The Kier molecular flexibility index (Phi) is 4.13. The molecule has 0 spiro atoms. The van der Waals surface area contributed by atoms with Crippen LogP contribution >= 0.6 is 11.6 Å². The van der Waals surface area contributed by atoms with Crippen LogP contribution in [0, 0.1) is 6.92 Å². The zero-order valence-electron chi connectivity index (χ0n) is 8.60. The van der Waals surface area contributed by atoms with E-state index in [2.05, 4.69) is 0 Å². The minimum atomic E-state index is -3.72. The molecule has 0 saturated carbocycles. The zero-order chi connectivity index (χ0) is 11.5. The lowest BCUT2D eigenvalue weighted by Crippen LogP contribution is -2.12. The monoisotopic (exact) mass is 248 g/mol. The first-order chi connectivity index (χ1) is 6.95. The topological polar surface area (TPSA) is 43.4 Å². The smallest absolute Gasteiger partial charge is 0.247 e. The molecule has 0 amide bonds. The molecule has 0 fully saturated rings. The van der Waals surface area contributed by atoms with Gasteiger partial charge in [0.25, 0.3) is 10.1 Å². The summed E-state index contributed by atoms with van der Waals surface area (Å²) < 4.78 is 28.0. The van der Waals surface area contributed by atoms with Crippen molar-refractivity contribution in [2.75, 3.05) is 0 Å². The second kappa shape index (κ2) is 4.96. The average Bonchev–Trinajstić information content (AvgIpc) is 2.17. The molecule has 1 rings (SSSR count). The van der Waals surface area contributed by atoms with Crippen LogP contribution in [-0.2, 0) is 14.3 Å². The molecule has 15 heavy (non-hydrogen) atoms. The predicted molar refractivity (Wildman–Crippen MR) is 59.4 cm³/mol. The van der Waals surface area contributed by atoms with E-state index in [0.29, 0.717) is 6.42 Å². The standard InChI is InChI=1S/C10H13ClO3S/c1-3-10(11)14-15(12,13)9-6-4-8(2)5-7-9/h4-7,10H,3H2,1-2H3. The van der Waals surface area contributed by atoms with Gasteiger partial charge < -0.3 is 0 Å². The molecule has 0 aliphatic rings. The zero-order valence-corrected chi connectivity index (χ0v) is 10.2. The molecule has 0 N–H and O–H groups in total. The quantitative estimate of drug-likeness (QED) is 0.608. The van der Waals surface area contributed by atoms with E-state index in [-0.39, 0.29) is 4.90 Å². The molecule has 0 bridgehead atoms. The first-order valence-corrected chi connectivity index (χ1v) is 6.44. The lowest BCUT2D eigenvalue weighted by atomic mass is 10.2. The van der Waals surface area contributed by atoms with Crippen molar-refractivity contribution >= 4 is 21.7 Å². The van der Waals surface area contributed by atoms with Crippen molar-refractivity contribution in [3.05, 3.63) is 29.8 Å². The Balaban J connectivity index is 2.91. The third-order valence-corrected chi connectivity index (χ3v) is 3.70. The van der Waals surface area contributed by atoms with Crippen LogP contribution in [0.2, 0.25) is 0 Å². The van der Waals surface area contributed by atoms with Crippen molar-refractivity contribution < 1.29 is 12.6 Å². The number of halogens is 1. The third kappa shape index (κ3) is 3.48. The summed E-state index contributed by atoms with van der Waals surface area (Å²) in [6, 6.07) is 6.44. The van der Waals surface area contributed by atoms with Crippen LogP contribution in [-0.4, -0.2) is 14.0 Å². The van der Waals surface area contributed by atoms with Gasteiger partial charge in [0, 0.05) is 0 Å². The number of rotatable bonds is 4. The summed E-state index contributed by atoms with van der Waals surface area (Å²) in [6.07, 6.45) is 0.437. The molecule has 1 aromatic carbocycles. The van der Waals surface area contributed by atoms with E-state index < -0.39 is 15.7 Å². The predicted octanol–water partition coefficient (Wildman–Crippen LogP) is 2.68. The molecule has 0 aliphatic heterocycles. The number of hydrogen-bond acceptors (Lipinski definition) is 3. The molecule has 1 atom stereocenters. The molecule has 1 aromatic rings. The maximum absolute atomic E-state index is 11.6. The molecular formula is C10H13ClO3S. The summed E-state index contributed by atoms with van der Waals surface area (Å²) in [4.78, 5) is 0.132. The summed E-state index contributed by atoms with van der Waals surface area (Å²) in [7, 11) is -3.72. The first kappa shape index (κ1) is 12.5. The Morgan fingerprint density at radius 2 is 1.87 bits per heavy atom. The van der Waals surface area contributed by atoms with Crippen molar-refractivity contribution in [1.82, 2.24) is 0 Å². The SMILES string of the molecule is CCC(Cl)OS(=O)(=O)c1ccc(C)cc1. The Hall–Kier alpha value is -0.580. The number of aryl methyl sites for hydroxylation is 1. The summed E-state index contributed by atoms with van der Waals surface area (Å²) in [5, 5.41) is 0. The summed E-state index contributed by atoms with van der Waals surface area (Å²) in [6.45, 7) is 3.63. The minimum absolute atomic E-state index is 0.132. The fourth-order valence-corrected chi connectivity index (χ4v) is 2.24. The average molecular weight is 249 g/mol. The van der Waals surface area contributed by atoms with Gasteiger partial charge in [-0.3, -0.25) is 0 Å². The number of benzene rings is 1. The Morgan fingerprint density at radius 3 is 2.33 bits per heavy atom. The molecule has 1 unspecified atom stereocenters. The third-order valence-electron chi connectivity index (χ3n) is 1.86. The second-order valence-corrected chi connectivity index (χ2v) is 5.24. The Bertz CT molecular complexity index is 411. The molecular weight excluding hydrogens is 236 g/mol. The van der Waals surface area contributed by atoms with Crippen LogP contribution in [0.5, 0.6) is 0 Å². The number of alkyl halides is 1. The van der Waals surface area contributed by atoms with E-state index in [9.17, 15) is 8.42 Å². The van der Waals surface area contributed by atoms with Gasteiger partial charge in [-0.05, 0) is 25.5 Å². The van der Waals surface area contributed by atoms with E-state index in [1.165, 1.54) is 12.1 Å². The van der Waals surface area contributed by atoms with Crippen molar-refractivity contribution in [2.24, 2.45) is 0 Å². The summed E-state index contributed by atoms with van der Waals surface area (Å²) in [5.74, 6) is 0. The highest BCUT2D eigenvalue weighted by molar-refractivity contribution is 7.86. The number of hydrogen-bond donors (Lipinski definition) is 0. The minimum Gasteiger partial charge on any atom is -0.247 e. The van der Waals surface area contributed by atoms with Crippen molar-refractivity contribution in [3.8, 4) is 0 Å². The molecule has 0 radical (unpaired) electrons. The normalized spacial score (nSPS) is 13.8. The maximum Gasteiger partial charge on any atom is 0.298 e. The van der Waals surface area contributed by atoms with Gasteiger partial charge in [0.2, 0.25) is 0 Å². The molecule has 5 heteroatoms. The highest BCUT2D eigenvalue weighted by Crippen LogP contribution is 2.17. The van der Waals surface area contributed by atoms with Gasteiger partial charge >= 0.3 is 0 Å². The second-order valence-electron chi connectivity index (χ2n) is 3.18. The van der Waals surface area contributed by atoms with Crippen LogP contribution < -0.4 is 0 Å². The van der Waals surface area contributed by atoms with E-state index in [1.54, 1.807) is 19.1 Å². The fourth-order valence-electron chi connectivity index (χ4n) is 0.966. The molecule has 0 aromatic heterocycles. The van der Waals surface area contributed by atoms with Gasteiger partial charge in [0.05, 0.1) is 4.90 Å². The molecule has 84 valence electrons. The van der Waals surface area contributed by atoms with Gasteiger partial charge in [-0.2, -0.15) is 8.42 Å². The Morgan fingerprint density at radius 1 is 1.33 bits per heavy atom. The van der Waals surface area contributed by atoms with E-state index in [4.69, 9.17) is 15.8 Å². The maximum atomic E-state index is 11.6. The largest absolute Gasteiger partial charge is 0.298 e. The highest BCUT2D eigenvalue weighted by Gasteiger charge is 2.18. The fraction of sp³-hybridized carbons (Fsp3) is 0.400. The van der Waals surface area contributed by atoms with Crippen LogP contribution in [0.3, 0.4) is 0 Å². The van der Waals surface area contributed by atoms with Crippen LogP contribution in [0.15, 0.2) is 29.2 Å². The molecule has 0 saturated heterocycles. The summed E-state index contributed by atoms with van der Waals surface area (Å²) in [5.41, 5.74) is 0.183. The highest BCUT2D eigenvalue weighted by atomic mass is 35.5. The van der Waals surface area contributed by atoms with E-state index in [1.807, 2.05) is 6.92 Å². The molecule has 0 aliphatic carbocycles. The Labute approximate surface area is 95.1 Å². The van der Waals surface area contributed by atoms with Gasteiger partial charge in [-0.15, -0.1) is 0 Å². The van der Waals surface area contributed by atoms with Gasteiger partial charge in [0.1, 0.15) is 0 Å². The van der Waals surface area contributed by atoms with Crippen LogP contribution in [0.25, 0.3) is 0 Å². The van der Waals surface area contributed by atoms with Crippen LogP contribution in [0.1, 0.15) is 18.9 Å². The summed E-state index contributed by atoms with van der Waals surface area (Å²) >= 11 is 5.63. The van der Waals surface area contributed by atoms with E-state index in [0.717, 1.165) is 5.56 Å². The molecule has 0 heterocycles. The van der Waals surface area contributed by atoms with Gasteiger partial charge in [-0.25, -0.2) is 4.18 Å². The molecule has 3 nitrogen and oxygen atoms in total. The first-order valence-electron chi connectivity index (χ1n) is 4.59. The van der Waals surface area contributed by atoms with Gasteiger partial charge in [0.15, 0.2) is 5.56 Å². The lowest BCUT2D eigenvalue weighted by Gasteiger charge is -2.09. The van der Waals surface area contributed by atoms with Crippen molar-refractivity contribution in [1.29, 1.82) is 0 Å². The van der Waals surface area contributed by atoms with Crippen molar-refractivity contribution in [2.45, 2.75) is 30.7 Å². The lowest BCUT2D eigenvalue weighted by molar-refractivity contribution is 0.281. The van der Waals surface area contributed by atoms with E-state index >= 15 is 0 Å².